The lowest BCUT2D eigenvalue weighted by molar-refractivity contribution is 0.185. The zero-order chi connectivity index (χ0) is 20.5. The fourth-order valence-electron chi connectivity index (χ4n) is 3.33. The standard InChI is InChI=1S/C20H22N6O3/c1-5-29-13(3)24-26-18-16(20(27)25(10-11-28-4)12(2)21-18)17-19(26)23-15-9-7-6-8-14(15)22-17/h6-9H,5,10-11H2,1-4H3/b24-13+. The number of benzene rings is 1. The van der Waals surface area contributed by atoms with Gasteiger partial charge < -0.3 is 9.47 Å². The molecule has 0 amide bonds. The smallest absolute Gasteiger partial charge is 0.265 e. The zero-order valence-corrected chi connectivity index (χ0v) is 16.8. The molecule has 0 bridgehead atoms. The van der Waals surface area contributed by atoms with E-state index in [1.54, 1.807) is 30.2 Å². The number of aromatic nitrogens is 5. The van der Waals surface area contributed by atoms with Crippen LogP contribution in [0.1, 0.15) is 19.7 Å². The van der Waals surface area contributed by atoms with E-state index in [0.29, 0.717) is 64.7 Å². The highest BCUT2D eigenvalue weighted by atomic mass is 16.5. The fourth-order valence-corrected chi connectivity index (χ4v) is 3.33. The number of nitrogens with zero attached hydrogens (tertiary/aromatic N) is 6. The molecule has 0 aliphatic rings. The maximum Gasteiger partial charge on any atom is 0.265 e. The molecule has 0 spiro atoms. The van der Waals surface area contributed by atoms with Gasteiger partial charge in [0.05, 0.1) is 30.8 Å². The number of hydrogen-bond acceptors (Lipinski definition) is 7. The molecular weight excluding hydrogens is 372 g/mol. The van der Waals surface area contributed by atoms with Crippen molar-refractivity contribution >= 4 is 39.1 Å². The van der Waals surface area contributed by atoms with Crippen LogP contribution in [0.15, 0.2) is 34.2 Å². The number of methoxy groups -OCH3 is 1. The van der Waals surface area contributed by atoms with Crippen LogP contribution in [0, 0.1) is 6.92 Å². The Bertz CT molecular complexity index is 1300. The Balaban J connectivity index is 2.14. The van der Waals surface area contributed by atoms with Crippen molar-refractivity contribution in [1.82, 2.24) is 24.2 Å². The van der Waals surface area contributed by atoms with Gasteiger partial charge in [-0.3, -0.25) is 9.36 Å². The van der Waals surface area contributed by atoms with Gasteiger partial charge in [-0.05, 0) is 26.0 Å². The predicted molar refractivity (Wildman–Crippen MR) is 111 cm³/mol. The van der Waals surface area contributed by atoms with Gasteiger partial charge in [0.15, 0.2) is 11.3 Å². The fraction of sp³-hybridized carbons (Fsp3) is 0.350. The second-order valence-corrected chi connectivity index (χ2v) is 6.56. The Morgan fingerprint density at radius 2 is 1.86 bits per heavy atom. The summed E-state index contributed by atoms with van der Waals surface area (Å²) in [5.74, 6) is 1.02. The molecule has 0 saturated heterocycles. The van der Waals surface area contributed by atoms with Crippen molar-refractivity contribution in [1.29, 1.82) is 0 Å². The van der Waals surface area contributed by atoms with E-state index >= 15 is 0 Å². The maximum absolute atomic E-state index is 13.3. The van der Waals surface area contributed by atoms with Crippen LogP contribution in [0.4, 0.5) is 0 Å². The lowest BCUT2D eigenvalue weighted by Gasteiger charge is -2.09. The third-order valence-corrected chi connectivity index (χ3v) is 4.64. The Morgan fingerprint density at radius 1 is 1.14 bits per heavy atom. The van der Waals surface area contributed by atoms with Crippen molar-refractivity contribution in [2.24, 2.45) is 5.10 Å². The van der Waals surface area contributed by atoms with Crippen LogP contribution < -0.4 is 5.56 Å². The van der Waals surface area contributed by atoms with E-state index in [0.717, 1.165) is 0 Å². The summed E-state index contributed by atoms with van der Waals surface area (Å²) < 4.78 is 13.8. The minimum absolute atomic E-state index is 0.192. The summed E-state index contributed by atoms with van der Waals surface area (Å²) in [6, 6.07) is 7.52. The summed E-state index contributed by atoms with van der Waals surface area (Å²) in [6.07, 6.45) is 0. The first-order valence-corrected chi connectivity index (χ1v) is 9.40. The molecule has 9 heteroatoms. The molecule has 0 aliphatic heterocycles. The average molecular weight is 394 g/mol. The molecule has 0 saturated carbocycles. The van der Waals surface area contributed by atoms with Gasteiger partial charge in [0.1, 0.15) is 16.7 Å². The highest BCUT2D eigenvalue weighted by molar-refractivity contribution is 6.04. The van der Waals surface area contributed by atoms with Gasteiger partial charge in [-0.1, -0.05) is 12.1 Å². The van der Waals surface area contributed by atoms with Crippen LogP contribution >= 0.6 is 0 Å². The topological polar surface area (TPSA) is 96.4 Å². The molecule has 3 heterocycles. The van der Waals surface area contributed by atoms with Crippen molar-refractivity contribution in [2.45, 2.75) is 27.3 Å². The number of hydrogen-bond donors (Lipinski definition) is 0. The molecule has 0 atom stereocenters. The molecule has 4 rings (SSSR count). The van der Waals surface area contributed by atoms with Gasteiger partial charge in [-0.25, -0.2) is 15.0 Å². The van der Waals surface area contributed by atoms with Gasteiger partial charge in [0, 0.05) is 14.0 Å². The molecule has 0 unspecified atom stereocenters. The first-order valence-electron chi connectivity index (χ1n) is 9.40. The second kappa shape index (κ2) is 7.59. The van der Waals surface area contributed by atoms with Crippen molar-refractivity contribution in [3.63, 3.8) is 0 Å². The predicted octanol–water partition coefficient (Wildman–Crippen LogP) is 2.47. The molecule has 0 fully saturated rings. The van der Waals surface area contributed by atoms with Gasteiger partial charge in [-0.2, -0.15) is 4.68 Å². The van der Waals surface area contributed by atoms with Gasteiger partial charge in [0.25, 0.3) is 5.56 Å². The van der Waals surface area contributed by atoms with Crippen molar-refractivity contribution in [3.05, 3.63) is 40.4 Å². The van der Waals surface area contributed by atoms with Crippen LogP contribution in [0.25, 0.3) is 33.2 Å². The van der Waals surface area contributed by atoms with Crippen molar-refractivity contribution in [3.8, 4) is 0 Å². The molecule has 9 nitrogen and oxygen atoms in total. The second-order valence-electron chi connectivity index (χ2n) is 6.56. The molecule has 0 aliphatic carbocycles. The van der Waals surface area contributed by atoms with Gasteiger partial charge in [-0.15, -0.1) is 5.10 Å². The minimum atomic E-state index is -0.192. The Kier molecular flexibility index (Phi) is 4.98. The summed E-state index contributed by atoms with van der Waals surface area (Å²) in [7, 11) is 1.60. The normalized spacial score (nSPS) is 12.3. The van der Waals surface area contributed by atoms with E-state index in [9.17, 15) is 4.79 Å². The number of aryl methyl sites for hydroxylation is 1. The summed E-state index contributed by atoms with van der Waals surface area (Å²) in [6.45, 7) is 6.71. The van der Waals surface area contributed by atoms with Crippen LogP contribution in [0.5, 0.6) is 0 Å². The summed E-state index contributed by atoms with van der Waals surface area (Å²) in [5.41, 5.74) is 2.56. The Hall–Kier alpha value is -3.33. The minimum Gasteiger partial charge on any atom is -0.480 e. The lowest BCUT2D eigenvalue weighted by Crippen LogP contribution is -2.25. The third kappa shape index (κ3) is 3.23. The highest BCUT2D eigenvalue weighted by Gasteiger charge is 2.21. The molecular formula is C20H22N6O3. The summed E-state index contributed by atoms with van der Waals surface area (Å²) >= 11 is 0. The molecule has 1 aromatic carbocycles. The zero-order valence-electron chi connectivity index (χ0n) is 16.8. The van der Waals surface area contributed by atoms with E-state index in [1.165, 1.54) is 0 Å². The molecule has 0 N–H and O–H groups in total. The van der Waals surface area contributed by atoms with Gasteiger partial charge >= 0.3 is 0 Å². The number of para-hydroxylation sites is 2. The highest BCUT2D eigenvalue weighted by Crippen LogP contribution is 2.25. The molecule has 29 heavy (non-hydrogen) atoms. The Morgan fingerprint density at radius 3 is 2.55 bits per heavy atom. The third-order valence-electron chi connectivity index (χ3n) is 4.64. The van der Waals surface area contributed by atoms with E-state index in [-0.39, 0.29) is 5.56 Å². The van der Waals surface area contributed by atoms with Gasteiger partial charge in [0.2, 0.25) is 5.90 Å². The molecule has 4 aromatic rings. The molecule has 0 radical (unpaired) electrons. The van der Waals surface area contributed by atoms with Crippen LogP contribution in [-0.4, -0.2) is 50.4 Å². The number of rotatable bonds is 5. The largest absolute Gasteiger partial charge is 0.480 e. The monoisotopic (exact) mass is 394 g/mol. The quantitative estimate of drug-likeness (QED) is 0.381. The first-order chi connectivity index (χ1) is 14.0. The van der Waals surface area contributed by atoms with Crippen LogP contribution in [-0.2, 0) is 16.0 Å². The molecule has 3 aromatic heterocycles. The SMILES string of the molecule is CCO/C(C)=N/n1c2nc3ccccc3nc2c2c(=O)n(CCOC)c(C)nc21. The molecule has 150 valence electrons. The van der Waals surface area contributed by atoms with Crippen molar-refractivity contribution < 1.29 is 9.47 Å². The summed E-state index contributed by atoms with van der Waals surface area (Å²) in [4.78, 5) is 27.4. The van der Waals surface area contributed by atoms with E-state index < -0.39 is 0 Å². The average Bonchev–Trinajstić information content (AvgIpc) is 2.99. The van der Waals surface area contributed by atoms with Crippen LogP contribution in [0.2, 0.25) is 0 Å². The maximum atomic E-state index is 13.3. The lowest BCUT2D eigenvalue weighted by atomic mass is 10.3. The Labute approximate surface area is 166 Å². The van der Waals surface area contributed by atoms with E-state index in [2.05, 4.69) is 10.1 Å². The summed E-state index contributed by atoms with van der Waals surface area (Å²) in [5, 5.41) is 4.90. The number of ether oxygens (including phenoxy) is 2. The van der Waals surface area contributed by atoms with E-state index in [4.69, 9.17) is 19.4 Å². The van der Waals surface area contributed by atoms with E-state index in [1.807, 2.05) is 31.2 Å². The number of fused-ring (bicyclic) bond motifs is 4. The van der Waals surface area contributed by atoms with Crippen molar-refractivity contribution in [2.75, 3.05) is 20.3 Å². The first kappa shape index (κ1) is 19.0. The van der Waals surface area contributed by atoms with Crippen LogP contribution in [0.3, 0.4) is 0 Å².